The topological polar surface area (TPSA) is 144 Å². The van der Waals surface area contributed by atoms with Gasteiger partial charge in [-0.3, -0.25) is 4.68 Å². The van der Waals surface area contributed by atoms with Gasteiger partial charge in [0.2, 0.25) is 0 Å². The summed E-state index contributed by atoms with van der Waals surface area (Å²) in [7, 11) is 0. The van der Waals surface area contributed by atoms with Gasteiger partial charge >= 0.3 is 0 Å². The molecule has 10 heteroatoms. The van der Waals surface area contributed by atoms with Gasteiger partial charge in [0.05, 0.1) is 34.7 Å². The van der Waals surface area contributed by atoms with Crippen molar-refractivity contribution in [3.05, 3.63) is 193 Å². The van der Waals surface area contributed by atoms with Gasteiger partial charge in [-0.25, -0.2) is 15.0 Å². The lowest BCUT2D eigenvalue weighted by Gasteiger charge is -2.09. The van der Waals surface area contributed by atoms with Crippen LogP contribution in [-0.2, 0) is 6.54 Å². The molecule has 5 aromatic carbocycles. The Labute approximate surface area is 386 Å². The molecular weight excluding hydrogens is 829 g/mol. The first-order valence-electron chi connectivity index (χ1n) is 22.4. The van der Waals surface area contributed by atoms with Crippen molar-refractivity contribution in [2.45, 2.75) is 25.8 Å². The molecule has 4 aromatic heterocycles. The summed E-state index contributed by atoms with van der Waals surface area (Å²) < 4.78 is 1.76. The summed E-state index contributed by atoms with van der Waals surface area (Å²) in [5.41, 5.74) is 16.5. The smallest absolute Gasteiger partial charge is 0.185 e. The fourth-order valence-electron chi connectivity index (χ4n) is 8.94. The predicted molar refractivity (Wildman–Crippen MR) is 269 cm³/mol. The number of aliphatic imine (C=N–C) groups is 1. The minimum atomic E-state index is -0.0690. The molecule has 0 saturated carbocycles. The lowest BCUT2D eigenvalue weighted by atomic mass is 10.0. The Bertz CT molecular complexity index is 3510. The highest BCUT2D eigenvalue weighted by molar-refractivity contribution is 6.01. The van der Waals surface area contributed by atoms with Crippen LogP contribution in [0.4, 0.5) is 5.69 Å². The number of nitrogens with one attached hydrogen (secondary N) is 2. The molecule has 0 aliphatic carbocycles. The highest BCUT2D eigenvalue weighted by atomic mass is 16.3. The SMILES string of the molecule is [O-]c1cccc(-c2cn(CCCCC(O)=Nc3ccccc3-c3c4nc(c(-c5ccccc5)c5ccc([nH]5)c(-c5ccccc5)c5nc(c(-c6ccccc6)c6ccc3[nH]6)C=C5)C=C4)nn2)c1. The first-order chi connectivity index (χ1) is 33.0. The third-order valence-corrected chi connectivity index (χ3v) is 12.1. The van der Waals surface area contributed by atoms with Crippen molar-refractivity contribution in [1.82, 2.24) is 34.9 Å². The standard InChI is InChI=1S/C57H44N8O2/c66-41-22-14-21-40(35-41)52-36-65(64-63-52)34-13-12-25-53(67)62-43-24-11-10-23-42(43)57-50-32-30-48(60-50)55(38-17-6-2-7-18-38)46-28-26-44(58-46)54(37-15-4-1-5-16-37)45-27-29-47(59-45)56(39-19-8-3-9-20-39)49-31-33-51(57)61-49/h1-11,14-24,26-33,35-36,58,61,66H,12-13,25,34H2,(H,62,67)/p-1. The van der Waals surface area contributed by atoms with Crippen molar-refractivity contribution in [3.8, 4) is 61.5 Å². The molecule has 2 aliphatic heterocycles. The van der Waals surface area contributed by atoms with E-state index in [0.717, 1.165) is 101 Å². The molecule has 0 saturated heterocycles. The van der Waals surface area contributed by atoms with Gasteiger partial charge in [0.1, 0.15) is 5.69 Å². The molecule has 0 atom stereocenters. The minimum Gasteiger partial charge on any atom is -0.872 e. The molecule has 8 bridgehead atoms. The zero-order valence-corrected chi connectivity index (χ0v) is 36.3. The molecule has 0 fully saturated rings. The van der Waals surface area contributed by atoms with E-state index in [-0.39, 0.29) is 11.6 Å². The normalized spacial score (nSPS) is 12.2. The van der Waals surface area contributed by atoms with Crippen molar-refractivity contribution >= 4 is 58.0 Å². The van der Waals surface area contributed by atoms with Crippen LogP contribution in [0.3, 0.4) is 0 Å². The average Bonchev–Trinajstić information content (AvgIpc) is 4.24. The molecule has 3 N–H and O–H groups in total. The van der Waals surface area contributed by atoms with Crippen LogP contribution in [0, 0.1) is 0 Å². The number of unbranched alkanes of at least 4 members (excludes halogenated alkanes) is 1. The molecular formula is C57H43N8O2-. The molecule has 0 unspecified atom stereocenters. The number of aliphatic hydroxyl groups excluding tert-OH is 1. The Morgan fingerprint density at radius 1 is 0.522 bits per heavy atom. The molecule has 0 amide bonds. The maximum Gasteiger partial charge on any atom is 0.185 e. The summed E-state index contributed by atoms with van der Waals surface area (Å²) in [4.78, 5) is 23.3. The van der Waals surface area contributed by atoms with Crippen LogP contribution in [0.5, 0.6) is 5.75 Å². The number of aromatic nitrogens is 7. The Morgan fingerprint density at radius 3 is 1.54 bits per heavy atom. The number of benzene rings is 5. The summed E-state index contributed by atoms with van der Waals surface area (Å²) in [6.45, 7) is 0.605. The van der Waals surface area contributed by atoms with Gasteiger partial charge in [0.15, 0.2) is 5.90 Å². The number of hydrogen-bond acceptors (Lipinski definition) is 6. The van der Waals surface area contributed by atoms with E-state index >= 15 is 0 Å². The quantitative estimate of drug-likeness (QED) is 0.0671. The van der Waals surface area contributed by atoms with Gasteiger partial charge in [-0.15, -0.1) is 10.8 Å². The van der Waals surface area contributed by atoms with Crippen LogP contribution >= 0.6 is 0 Å². The number of H-pyrrole nitrogens is 2. The van der Waals surface area contributed by atoms with E-state index in [9.17, 15) is 10.2 Å². The van der Waals surface area contributed by atoms with Crippen molar-refractivity contribution in [1.29, 1.82) is 0 Å². The van der Waals surface area contributed by atoms with Crippen LogP contribution in [-0.4, -0.2) is 45.9 Å². The van der Waals surface area contributed by atoms with Crippen LogP contribution in [0.25, 0.3) is 102 Å². The molecule has 67 heavy (non-hydrogen) atoms. The number of aliphatic hydroxyl groups is 1. The number of hydrogen-bond donors (Lipinski definition) is 3. The minimum absolute atomic E-state index is 0.0304. The average molecular weight is 872 g/mol. The summed E-state index contributed by atoms with van der Waals surface area (Å²) >= 11 is 0. The Morgan fingerprint density at radius 2 is 1.00 bits per heavy atom. The van der Waals surface area contributed by atoms with Crippen LogP contribution in [0.15, 0.2) is 175 Å². The molecule has 9 aromatic rings. The Kier molecular flexibility index (Phi) is 10.9. The first-order valence-corrected chi connectivity index (χ1v) is 22.4. The van der Waals surface area contributed by atoms with Crippen LogP contribution < -0.4 is 5.11 Å². The van der Waals surface area contributed by atoms with Gasteiger partial charge < -0.3 is 20.2 Å². The van der Waals surface area contributed by atoms with E-state index in [1.807, 2.05) is 79.0 Å². The number of aromatic amines is 2. The van der Waals surface area contributed by atoms with Crippen LogP contribution in [0.1, 0.15) is 42.0 Å². The summed E-state index contributed by atoms with van der Waals surface area (Å²) in [6, 6.07) is 54.1. The fourth-order valence-corrected chi connectivity index (χ4v) is 8.94. The van der Waals surface area contributed by atoms with Gasteiger partial charge in [-0.05, 0) is 84.2 Å². The summed E-state index contributed by atoms with van der Waals surface area (Å²) in [5.74, 6) is -0.0386. The number of fused-ring (bicyclic) bond motifs is 8. The van der Waals surface area contributed by atoms with E-state index in [2.05, 4.69) is 117 Å². The highest BCUT2D eigenvalue weighted by Gasteiger charge is 2.20. The second-order valence-corrected chi connectivity index (χ2v) is 16.5. The van der Waals surface area contributed by atoms with E-state index in [0.29, 0.717) is 30.8 Å². The largest absolute Gasteiger partial charge is 0.872 e. The van der Waals surface area contributed by atoms with E-state index in [1.54, 1.807) is 16.8 Å². The first kappa shape index (κ1) is 40.9. The predicted octanol–water partition coefficient (Wildman–Crippen LogP) is 13.1. The van der Waals surface area contributed by atoms with Crippen molar-refractivity contribution in [3.63, 3.8) is 0 Å². The maximum atomic E-state index is 11.9. The number of nitrogens with zero attached hydrogens (tertiary/aromatic N) is 6. The monoisotopic (exact) mass is 871 g/mol. The second kappa shape index (κ2) is 17.9. The third kappa shape index (κ3) is 8.35. The van der Waals surface area contributed by atoms with Gasteiger partial charge in [-0.2, -0.15) is 0 Å². The molecule has 324 valence electrons. The molecule has 0 spiro atoms. The molecule has 10 nitrogen and oxygen atoms in total. The lowest BCUT2D eigenvalue weighted by Crippen LogP contribution is -2.01. The zero-order chi connectivity index (χ0) is 45.1. The second-order valence-electron chi connectivity index (χ2n) is 16.5. The number of aryl methyl sites for hydroxylation is 1. The Hall–Kier alpha value is -8.89. The van der Waals surface area contributed by atoms with Crippen molar-refractivity contribution in [2.75, 3.05) is 0 Å². The van der Waals surface area contributed by atoms with Crippen molar-refractivity contribution in [2.24, 2.45) is 4.99 Å². The van der Waals surface area contributed by atoms with E-state index in [4.69, 9.17) is 15.0 Å². The fraction of sp³-hybridized carbons (Fsp3) is 0.0702. The third-order valence-electron chi connectivity index (χ3n) is 12.1. The molecule has 6 heterocycles. The summed E-state index contributed by atoms with van der Waals surface area (Å²) in [5, 5.41) is 31.8. The highest BCUT2D eigenvalue weighted by Crippen LogP contribution is 2.40. The van der Waals surface area contributed by atoms with Gasteiger partial charge in [-0.1, -0.05) is 139 Å². The Balaban J connectivity index is 1.06. The number of para-hydroxylation sites is 1. The number of rotatable bonds is 11. The van der Waals surface area contributed by atoms with E-state index < -0.39 is 0 Å². The molecule has 0 radical (unpaired) electrons. The van der Waals surface area contributed by atoms with Crippen molar-refractivity contribution < 1.29 is 10.2 Å². The van der Waals surface area contributed by atoms with Crippen LogP contribution in [0.2, 0.25) is 0 Å². The zero-order valence-electron chi connectivity index (χ0n) is 36.3. The maximum absolute atomic E-state index is 11.9. The molecule has 11 rings (SSSR count). The van der Waals surface area contributed by atoms with Gasteiger partial charge in [0.25, 0.3) is 0 Å². The van der Waals surface area contributed by atoms with Gasteiger partial charge in [0, 0.05) is 68.4 Å². The molecule has 2 aliphatic rings. The summed E-state index contributed by atoms with van der Waals surface area (Å²) in [6.07, 6.45) is 12.0. The lowest BCUT2D eigenvalue weighted by molar-refractivity contribution is -0.268. The van der Waals surface area contributed by atoms with E-state index in [1.165, 1.54) is 6.07 Å².